The van der Waals surface area contributed by atoms with E-state index in [1.807, 2.05) is 30.9 Å². The molecule has 7 heteroatoms. The summed E-state index contributed by atoms with van der Waals surface area (Å²) in [6.45, 7) is 6.32. The first kappa shape index (κ1) is 23.5. The van der Waals surface area contributed by atoms with E-state index in [2.05, 4.69) is 27.8 Å². The van der Waals surface area contributed by atoms with Gasteiger partial charge in [-0.15, -0.1) is 24.0 Å². The molecule has 1 aromatic rings. The molecule has 1 unspecified atom stereocenters. The first-order valence-electron chi connectivity index (χ1n) is 9.42. The van der Waals surface area contributed by atoms with Gasteiger partial charge in [0.05, 0.1) is 7.11 Å². The number of guanidine groups is 1. The Kier molecular flexibility index (Phi) is 10.5. The topological polar surface area (TPSA) is 66.0 Å². The number of hydrogen-bond acceptors (Lipinski definition) is 3. The zero-order chi connectivity index (χ0) is 18.9. The first-order chi connectivity index (χ1) is 12.5. The number of methoxy groups -OCH3 is 1. The summed E-state index contributed by atoms with van der Waals surface area (Å²) in [6, 6.07) is 8.44. The zero-order valence-corrected chi connectivity index (χ0v) is 19.2. The Balaban J connectivity index is 0.00000364. The van der Waals surface area contributed by atoms with Gasteiger partial charge in [-0.2, -0.15) is 0 Å². The minimum atomic E-state index is 0. The van der Waals surface area contributed by atoms with Crippen molar-refractivity contribution in [1.82, 2.24) is 15.5 Å². The van der Waals surface area contributed by atoms with Gasteiger partial charge in [0.2, 0.25) is 5.91 Å². The Morgan fingerprint density at radius 2 is 2.19 bits per heavy atom. The van der Waals surface area contributed by atoms with E-state index >= 15 is 0 Å². The molecule has 1 heterocycles. The Morgan fingerprint density at radius 3 is 2.85 bits per heavy atom. The predicted octanol–water partition coefficient (Wildman–Crippen LogP) is 2.67. The van der Waals surface area contributed by atoms with Crippen LogP contribution in [-0.2, 0) is 11.2 Å². The molecular formula is C20H33IN4O2. The molecule has 0 aliphatic carbocycles. The van der Waals surface area contributed by atoms with Crippen LogP contribution < -0.4 is 15.4 Å². The maximum atomic E-state index is 12.1. The summed E-state index contributed by atoms with van der Waals surface area (Å²) in [5.41, 5.74) is 1.27. The Bertz CT molecular complexity index is 622. The van der Waals surface area contributed by atoms with Crippen LogP contribution in [0.15, 0.2) is 29.3 Å². The number of carbonyl (C=O) groups excluding carboxylic acids is 1. The normalized spacial score (nSPS) is 16.9. The number of nitrogens with zero attached hydrogens (tertiary/aromatic N) is 2. The molecule has 1 fully saturated rings. The SMILES string of the molecule is CN=C(NCCCc1cccc(OC)c1)NC1CCN(C(=O)C(C)C)C1.I. The molecule has 0 radical (unpaired) electrons. The van der Waals surface area contributed by atoms with E-state index in [1.165, 1.54) is 5.56 Å². The molecule has 1 atom stereocenters. The number of carbonyl (C=O) groups is 1. The predicted molar refractivity (Wildman–Crippen MR) is 121 cm³/mol. The molecule has 2 rings (SSSR count). The van der Waals surface area contributed by atoms with Crippen molar-refractivity contribution in [2.24, 2.45) is 10.9 Å². The van der Waals surface area contributed by atoms with Crippen LogP contribution >= 0.6 is 24.0 Å². The Hall–Kier alpha value is -1.51. The van der Waals surface area contributed by atoms with Crippen LogP contribution in [0.4, 0.5) is 0 Å². The minimum Gasteiger partial charge on any atom is -0.497 e. The highest BCUT2D eigenvalue weighted by Crippen LogP contribution is 2.14. The fourth-order valence-electron chi connectivity index (χ4n) is 3.16. The van der Waals surface area contributed by atoms with Crippen molar-refractivity contribution in [1.29, 1.82) is 0 Å². The molecule has 2 N–H and O–H groups in total. The van der Waals surface area contributed by atoms with Crippen molar-refractivity contribution in [3.8, 4) is 5.75 Å². The average Bonchev–Trinajstić information content (AvgIpc) is 3.12. The molecule has 152 valence electrons. The van der Waals surface area contributed by atoms with Crippen molar-refractivity contribution in [2.45, 2.75) is 39.2 Å². The maximum absolute atomic E-state index is 12.1. The fraction of sp³-hybridized carbons (Fsp3) is 0.600. The number of hydrogen-bond donors (Lipinski definition) is 2. The summed E-state index contributed by atoms with van der Waals surface area (Å²) < 4.78 is 5.26. The summed E-state index contributed by atoms with van der Waals surface area (Å²) in [7, 11) is 3.47. The number of nitrogens with one attached hydrogen (secondary N) is 2. The molecule has 1 aromatic carbocycles. The minimum absolute atomic E-state index is 0. The van der Waals surface area contributed by atoms with Gasteiger partial charge >= 0.3 is 0 Å². The maximum Gasteiger partial charge on any atom is 0.225 e. The number of benzene rings is 1. The number of likely N-dealkylation sites (tertiary alicyclic amines) is 1. The molecule has 1 amide bonds. The summed E-state index contributed by atoms with van der Waals surface area (Å²) in [4.78, 5) is 18.3. The summed E-state index contributed by atoms with van der Waals surface area (Å²) in [5, 5.41) is 6.80. The van der Waals surface area contributed by atoms with E-state index in [9.17, 15) is 4.79 Å². The second kappa shape index (κ2) is 12.0. The number of aliphatic imine (C=N–C) groups is 1. The van der Waals surface area contributed by atoms with Crippen molar-refractivity contribution < 1.29 is 9.53 Å². The van der Waals surface area contributed by atoms with E-state index in [0.29, 0.717) is 0 Å². The largest absolute Gasteiger partial charge is 0.497 e. The van der Waals surface area contributed by atoms with Gasteiger partial charge in [0.25, 0.3) is 0 Å². The van der Waals surface area contributed by atoms with Crippen molar-refractivity contribution in [2.75, 3.05) is 33.8 Å². The van der Waals surface area contributed by atoms with E-state index in [0.717, 1.165) is 50.6 Å². The third-order valence-electron chi connectivity index (χ3n) is 4.63. The van der Waals surface area contributed by atoms with Crippen LogP contribution in [0.3, 0.4) is 0 Å². The fourth-order valence-corrected chi connectivity index (χ4v) is 3.16. The lowest BCUT2D eigenvalue weighted by Crippen LogP contribution is -2.45. The monoisotopic (exact) mass is 488 g/mol. The second-order valence-electron chi connectivity index (χ2n) is 7.02. The molecule has 27 heavy (non-hydrogen) atoms. The number of ether oxygens (including phenoxy) is 1. The highest BCUT2D eigenvalue weighted by molar-refractivity contribution is 14.0. The van der Waals surface area contributed by atoms with Gasteiger partial charge in [0.1, 0.15) is 5.75 Å². The van der Waals surface area contributed by atoms with E-state index in [4.69, 9.17) is 4.74 Å². The molecule has 0 bridgehead atoms. The standard InChI is InChI=1S/C20H32N4O2.HI/c1-15(2)19(25)24-12-10-17(14-24)23-20(21-3)22-11-6-8-16-7-5-9-18(13-16)26-4;/h5,7,9,13,15,17H,6,8,10-12,14H2,1-4H3,(H2,21,22,23);1H. The van der Waals surface area contributed by atoms with Gasteiger partial charge in [-0.05, 0) is 37.0 Å². The number of rotatable bonds is 7. The van der Waals surface area contributed by atoms with E-state index in [-0.39, 0.29) is 41.8 Å². The van der Waals surface area contributed by atoms with Crippen molar-refractivity contribution >= 4 is 35.8 Å². The van der Waals surface area contributed by atoms with E-state index in [1.54, 1.807) is 14.2 Å². The van der Waals surface area contributed by atoms with Crippen molar-refractivity contribution in [3.05, 3.63) is 29.8 Å². The average molecular weight is 488 g/mol. The van der Waals surface area contributed by atoms with Crippen LogP contribution in [0.1, 0.15) is 32.3 Å². The first-order valence-corrected chi connectivity index (χ1v) is 9.42. The summed E-state index contributed by atoms with van der Waals surface area (Å²) in [5.74, 6) is 1.99. The number of aryl methyl sites for hydroxylation is 1. The van der Waals surface area contributed by atoms with Crippen molar-refractivity contribution in [3.63, 3.8) is 0 Å². The van der Waals surface area contributed by atoms with Gasteiger partial charge in [0.15, 0.2) is 5.96 Å². The molecule has 0 spiro atoms. The molecule has 1 aliphatic rings. The molecular weight excluding hydrogens is 455 g/mol. The summed E-state index contributed by atoms with van der Waals surface area (Å²) >= 11 is 0. The zero-order valence-electron chi connectivity index (χ0n) is 16.8. The van der Waals surface area contributed by atoms with Crippen LogP contribution in [-0.4, -0.2) is 56.6 Å². The number of halogens is 1. The highest BCUT2D eigenvalue weighted by atomic mass is 127. The van der Waals surface area contributed by atoms with Gasteiger partial charge in [-0.1, -0.05) is 26.0 Å². The van der Waals surface area contributed by atoms with Crippen LogP contribution in [0.5, 0.6) is 5.75 Å². The molecule has 1 saturated heterocycles. The lowest BCUT2D eigenvalue weighted by Gasteiger charge is -2.20. The van der Waals surface area contributed by atoms with Gasteiger partial charge in [-0.3, -0.25) is 9.79 Å². The van der Waals surface area contributed by atoms with Gasteiger partial charge in [0, 0.05) is 38.6 Å². The quantitative estimate of drug-likeness (QED) is 0.268. The molecule has 1 aliphatic heterocycles. The van der Waals surface area contributed by atoms with E-state index < -0.39 is 0 Å². The van der Waals surface area contributed by atoms with Crippen LogP contribution in [0.2, 0.25) is 0 Å². The third-order valence-corrected chi connectivity index (χ3v) is 4.63. The van der Waals surface area contributed by atoms with Crippen LogP contribution in [0.25, 0.3) is 0 Å². The molecule has 6 nitrogen and oxygen atoms in total. The van der Waals surface area contributed by atoms with Gasteiger partial charge in [-0.25, -0.2) is 0 Å². The Labute approximate surface area is 180 Å². The lowest BCUT2D eigenvalue weighted by molar-refractivity contribution is -0.133. The second-order valence-corrected chi connectivity index (χ2v) is 7.02. The Morgan fingerprint density at radius 1 is 1.41 bits per heavy atom. The lowest BCUT2D eigenvalue weighted by atomic mass is 10.1. The van der Waals surface area contributed by atoms with Gasteiger partial charge < -0.3 is 20.3 Å². The number of amides is 1. The summed E-state index contributed by atoms with van der Waals surface area (Å²) in [6.07, 6.45) is 2.96. The van der Waals surface area contributed by atoms with Crippen LogP contribution in [0, 0.1) is 5.92 Å². The third kappa shape index (κ3) is 7.56. The smallest absolute Gasteiger partial charge is 0.225 e. The molecule has 0 saturated carbocycles. The highest BCUT2D eigenvalue weighted by Gasteiger charge is 2.27. The molecule has 0 aromatic heterocycles.